The molecule has 0 fully saturated rings. The Labute approximate surface area is 77.8 Å². The summed E-state index contributed by atoms with van der Waals surface area (Å²) in [5.74, 6) is -4.78. The van der Waals surface area contributed by atoms with Crippen molar-refractivity contribution in [2.24, 2.45) is 0 Å². The average Bonchev–Trinajstić information content (AvgIpc) is 2.09. The van der Waals surface area contributed by atoms with Crippen LogP contribution in [-0.2, 0) is 5.92 Å². The van der Waals surface area contributed by atoms with Crippen molar-refractivity contribution in [2.75, 3.05) is 6.61 Å². The molecule has 1 aromatic rings. The van der Waals surface area contributed by atoms with Crippen LogP contribution < -0.4 is 0 Å². The fraction of sp³-hybridized carbons (Fsp3) is 0.250. The number of halogens is 4. The van der Waals surface area contributed by atoms with Crippen molar-refractivity contribution < 1.29 is 18.3 Å². The van der Waals surface area contributed by atoms with Gasteiger partial charge in [-0.2, -0.15) is 8.78 Å². The van der Waals surface area contributed by atoms with Crippen molar-refractivity contribution in [1.82, 2.24) is 0 Å². The highest BCUT2D eigenvalue weighted by Gasteiger charge is 2.34. The molecule has 1 aromatic carbocycles. The maximum absolute atomic E-state index is 13.0. The Hall–Kier alpha value is -0.740. The number of alkyl halides is 2. The lowest BCUT2D eigenvalue weighted by molar-refractivity contribution is -0.0582. The summed E-state index contributed by atoms with van der Waals surface area (Å²) in [6.45, 7) is -1.44. The number of aliphatic hydroxyl groups excluding tert-OH is 1. The minimum atomic E-state index is -3.59. The van der Waals surface area contributed by atoms with Crippen molar-refractivity contribution >= 4 is 11.6 Å². The highest BCUT2D eigenvalue weighted by molar-refractivity contribution is 6.30. The highest BCUT2D eigenvalue weighted by atomic mass is 35.5. The molecule has 5 heteroatoms. The van der Waals surface area contributed by atoms with Crippen molar-refractivity contribution in [3.63, 3.8) is 0 Å². The summed E-state index contributed by atoms with van der Waals surface area (Å²) in [7, 11) is 0. The Balaban J connectivity index is 3.22. The first-order chi connectivity index (χ1) is 5.99. The predicted molar refractivity (Wildman–Crippen MR) is 42.4 cm³/mol. The van der Waals surface area contributed by atoms with Crippen LogP contribution in [0.2, 0.25) is 5.02 Å². The Morgan fingerprint density at radius 3 is 2.54 bits per heavy atom. The Morgan fingerprint density at radius 2 is 2.00 bits per heavy atom. The molecule has 0 radical (unpaired) electrons. The molecule has 0 aromatic heterocycles. The Morgan fingerprint density at radius 1 is 1.38 bits per heavy atom. The van der Waals surface area contributed by atoms with Gasteiger partial charge in [-0.1, -0.05) is 17.7 Å². The van der Waals surface area contributed by atoms with E-state index in [-0.39, 0.29) is 5.02 Å². The van der Waals surface area contributed by atoms with E-state index in [1.807, 2.05) is 0 Å². The van der Waals surface area contributed by atoms with E-state index < -0.39 is 23.9 Å². The van der Waals surface area contributed by atoms with E-state index in [1.54, 1.807) is 0 Å². The zero-order valence-corrected chi connectivity index (χ0v) is 7.15. The number of benzene rings is 1. The van der Waals surface area contributed by atoms with Gasteiger partial charge in [-0.15, -0.1) is 0 Å². The Bertz CT molecular complexity index is 314. The van der Waals surface area contributed by atoms with Gasteiger partial charge < -0.3 is 5.11 Å². The van der Waals surface area contributed by atoms with Gasteiger partial charge in [-0.3, -0.25) is 0 Å². The van der Waals surface area contributed by atoms with E-state index >= 15 is 0 Å². The third-order valence-corrected chi connectivity index (χ3v) is 1.84. The lowest BCUT2D eigenvalue weighted by Gasteiger charge is -2.14. The van der Waals surface area contributed by atoms with Crippen LogP contribution in [0, 0.1) is 5.82 Å². The van der Waals surface area contributed by atoms with Crippen LogP contribution in [0.15, 0.2) is 18.2 Å². The lowest BCUT2D eigenvalue weighted by atomic mass is 10.1. The molecular formula is C8H6ClF3O. The minimum absolute atomic E-state index is 0.384. The van der Waals surface area contributed by atoms with Crippen LogP contribution in [0.1, 0.15) is 5.56 Å². The number of hydrogen-bond donors (Lipinski definition) is 1. The topological polar surface area (TPSA) is 20.2 Å². The third-order valence-electron chi connectivity index (χ3n) is 1.54. The number of aliphatic hydroxyl groups is 1. The average molecular weight is 211 g/mol. The molecule has 1 rings (SSSR count). The number of rotatable bonds is 2. The summed E-state index contributed by atoms with van der Waals surface area (Å²) in [5.41, 5.74) is -0.887. The van der Waals surface area contributed by atoms with E-state index in [2.05, 4.69) is 0 Å². The smallest absolute Gasteiger partial charge is 0.298 e. The van der Waals surface area contributed by atoms with E-state index in [9.17, 15) is 13.2 Å². The Kier molecular flexibility index (Phi) is 2.83. The fourth-order valence-corrected chi connectivity index (χ4v) is 1.05. The highest BCUT2D eigenvalue weighted by Crippen LogP contribution is 2.31. The third kappa shape index (κ3) is 1.95. The maximum Gasteiger partial charge on any atom is 0.298 e. The normalized spacial score (nSPS) is 11.8. The molecule has 13 heavy (non-hydrogen) atoms. The van der Waals surface area contributed by atoms with Crippen LogP contribution in [0.3, 0.4) is 0 Å². The lowest BCUT2D eigenvalue weighted by Crippen LogP contribution is -2.20. The zero-order valence-electron chi connectivity index (χ0n) is 6.40. The van der Waals surface area contributed by atoms with Crippen LogP contribution in [-0.4, -0.2) is 11.7 Å². The second-order valence-corrected chi connectivity index (χ2v) is 2.87. The summed E-state index contributed by atoms with van der Waals surface area (Å²) in [6.07, 6.45) is 0. The van der Waals surface area contributed by atoms with Crippen LogP contribution in [0.5, 0.6) is 0 Å². The standard InChI is InChI=1S/C8H6ClF3O/c9-6-3-1-2-5(7(6)10)8(11,12)4-13/h1-3,13H,4H2. The van der Waals surface area contributed by atoms with E-state index in [0.29, 0.717) is 0 Å². The van der Waals surface area contributed by atoms with Gasteiger partial charge in [0.15, 0.2) is 5.82 Å². The quantitative estimate of drug-likeness (QED) is 0.796. The van der Waals surface area contributed by atoms with Gasteiger partial charge >= 0.3 is 0 Å². The maximum atomic E-state index is 13.0. The van der Waals surface area contributed by atoms with Crippen molar-refractivity contribution in [3.8, 4) is 0 Å². The second kappa shape index (κ2) is 3.55. The first-order valence-corrected chi connectivity index (χ1v) is 3.80. The van der Waals surface area contributed by atoms with Gasteiger partial charge in [0.25, 0.3) is 5.92 Å². The molecule has 0 aliphatic carbocycles. The molecule has 72 valence electrons. The monoisotopic (exact) mass is 210 g/mol. The predicted octanol–water partition coefficient (Wildman–Crippen LogP) is 2.56. The molecule has 0 spiro atoms. The first-order valence-electron chi connectivity index (χ1n) is 3.42. The molecule has 0 saturated heterocycles. The van der Waals surface area contributed by atoms with Gasteiger partial charge in [-0.25, -0.2) is 4.39 Å². The summed E-state index contributed by atoms with van der Waals surface area (Å²) in [4.78, 5) is 0. The largest absolute Gasteiger partial charge is 0.390 e. The van der Waals surface area contributed by atoms with E-state index in [0.717, 1.165) is 12.1 Å². The molecule has 0 amide bonds. The second-order valence-electron chi connectivity index (χ2n) is 2.46. The zero-order chi connectivity index (χ0) is 10.1. The van der Waals surface area contributed by atoms with Crippen molar-refractivity contribution in [3.05, 3.63) is 34.6 Å². The van der Waals surface area contributed by atoms with Crippen LogP contribution in [0.4, 0.5) is 13.2 Å². The molecular weight excluding hydrogens is 205 g/mol. The van der Waals surface area contributed by atoms with Gasteiger partial charge in [0, 0.05) is 0 Å². The molecule has 1 N–H and O–H groups in total. The first kappa shape index (κ1) is 10.3. The molecule has 0 unspecified atom stereocenters. The summed E-state index contributed by atoms with van der Waals surface area (Å²) in [5, 5.41) is 7.92. The van der Waals surface area contributed by atoms with Crippen molar-refractivity contribution in [1.29, 1.82) is 0 Å². The fourth-order valence-electron chi connectivity index (χ4n) is 0.871. The van der Waals surface area contributed by atoms with Crippen LogP contribution in [0.25, 0.3) is 0 Å². The van der Waals surface area contributed by atoms with E-state index in [4.69, 9.17) is 16.7 Å². The minimum Gasteiger partial charge on any atom is -0.390 e. The van der Waals surface area contributed by atoms with Crippen LogP contribution >= 0.6 is 11.6 Å². The van der Waals surface area contributed by atoms with Gasteiger partial charge in [0.2, 0.25) is 0 Å². The van der Waals surface area contributed by atoms with Gasteiger partial charge in [-0.05, 0) is 12.1 Å². The molecule has 0 atom stereocenters. The molecule has 0 saturated carbocycles. The van der Waals surface area contributed by atoms with Gasteiger partial charge in [0.1, 0.15) is 6.61 Å². The molecule has 0 heterocycles. The molecule has 1 nitrogen and oxygen atoms in total. The number of hydrogen-bond acceptors (Lipinski definition) is 1. The molecule has 0 aliphatic heterocycles. The van der Waals surface area contributed by atoms with Gasteiger partial charge in [0.05, 0.1) is 10.6 Å². The van der Waals surface area contributed by atoms with E-state index in [1.165, 1.54) is 6.07 Å². The SMILES string of the molecule is OCC(F)(F)c1cccc(Cl)c1F. The van der Waals surface area contributed by atoms with Crippen molar-refractivity contribution in [2.45, 2.75) is 5.92 Å². The summed E-state index contributed by atoms with van der Waals surface area (Å²) >= 11 is 5.29. The summed E-state index contributed by atoms with van der Waals surface area (Å²) < 4.78 is 38.5. The molecule has 0 bridgehead atoms. The summed E-state index contributed by atoms with van der Waals surface area (Å²) in [6, 6.07) is 3.25. The molecule has 0 aliphatic rings.